The van der Waals surface area contributed by atoms with Gasteiger partial charge in [0, 0.05) is 0 Å². The van der Waals surface area contributed by atoms with E-state index in [-0.39, 0.29) is 19.8 Å². The van der Waals surface area contributed by atoms with Crippen LogP contribution in [0.2, 0.25) is 0 Å². The van der Waals surface area contributed by atoms with E-state index in [1.165, 1.54) is 13.8 Å². The van der Waals surface area contributed by atoms with Crippen LogP contribution in [0.4, 0.5) is 4.79 Å². The molecule has 0 saturated carbocycles. The van der Waals surface area contributed by atoms with Gasteiger partial charge in [-0.25, -0.2) is 4.79 Å². The Bertz CT molecular complexity index is 588. The Labute approximate surface area is 146 Å². The fraction of sp³-hybridized carbons (Fsp3) is 0.471. The van der Waals surface area contributed by atoms with E-state index in [4.69, 9.17) is 9.47 Å². The van der Waals surface area contributed by atoms with Crippen LogP contribution in [-0.2, 0) is 25.7 Å². The van der Waals surface area contributed by atoms with Crippen molar-refractivity contribution in [2.75, 3.05) is 13.2 Å². The summed E-state index contributed by atoms with van der Waals surface area (Å²) in [5, 5.41) is 14.5. The Kier molecular flexibility index (Phi) is 7.87. The molecule has 0 radical (unpaired) electrons. The molecule has 0 saturated heterocycles. The number of carbonyl (C=O) groups excluding carboxylic acids is 2. The zero-order valence-electron chi connectivity index (χ0n) is 14.6. The van der Waals surface area contributed by atoms with Gasteiger partial charge in [-0.05, 0) is 26.3 Å². The molecule has 1 unspecified atom stereocenters. The van der Waals surface area contributed by atoms with Gasteiger partial charge in [-0.2, -0.15) is 0 Å². The SMILES string of the molecule is CCOC(=O)CNC(C(=O)O)C(C)(C)NC(=O)OCc1ccccc1. The van der Waals surface area contributed by atoms with E-state index >= 15 is 0 Å². The number of benzene rings is 1. The third-order valence-corrected chi connectivity index (χ3v) is 3.36. The molecule has 3 N–H and O–H groups in total. The number of carboxylic acids is 1. The number of alkyl carbamates (subject to hydrolysis) is 1. The van der Waals surface area contributed by atoms with Gasteiger partial charge in [0.05, 0.1) is 18.7 Å². The smallest absolute Gasteiger partial charge is 0.407 e. The van der Waals surface area contributed by atoms with Crippen LogP contribution in [0.5, 0.6) is 0 Å². The van der Waals surface area contributed by atoms with Crippen molar-refractivity contribution in [3.63, 3.8) is 0 Å². The molecule has 1 aromatic rings. The maximum atomic E-state index is 12.0. The monoisotopic (exact) mass is 352 g/mol. The summed E-state index contributed by atoms with van der Waals surface area (Å²) < 4.78 is 9.84. The van der Waals surface area contributed by atoms with Crippen LogP contribution < -0.4 is 10.6 Å². The lowest BCUT2D eigenvalue weighted by Crippen LogP contribution is -2.61. The van der Waals surface area contributed by atoms with Gasteiger partial charge < -0.3 is 19.9 Å². The predicted molar refractivity (Wildman–Crippen MR) is 89.9 cm³/mol. The average Bonchev–Trinajstić information content (AvgIpc) is 2.53. The number of esters is 1. The highest BCUT2D eigenvalue weighted by molar-refractivity contribution is 5.79. The molecular formula is C17H24N2O6. The van der Waals surface area contributed by atoms with Crippen LogP contribution in [0.25, 0.3) is 0 Å². The number of carbonyl (C=O) groups is 3. The number of rotatable bonds is 9. The van der Waals surface area contributed by atoms with Crippen molar-refractivity contribution in [1.29, 1.82) is 0 Å². The summed E-state index contributed by atoms with van der Waals surface area (Å²) in [6, 6.07) is 7.89. The van der Waals surface area contributed by atoms with E-state index in [1.807, 2.05) is 18.2 Å². The van der Waals surface area contributed by atoms with Crippen molar-refractivity contribution < 1.29 is 29.0 Å². The second kappa shape index (κ2) is 9.63. The van der Waals surface area contributed by atoms with Gasteiger partial charge in [0.2, 0.25) is 0 Å². The lowest BCUT2D eigenvalue weighted by atomic mass is 9.94. The van der Waals surface area contributed by atoms with Crippen molar-refractivity contribution >= 4 is 18.0 Å². The maximum Gasteiger partial charge on any atom is 0.407 e. The van der Waals surface area contributed by atoms with E-state index in [2.05, 4.69) is 10.6 Å². The average molecular weight is 352 g/mol. The molecule has 1 aromatic carbocycles. The van der Waals surface area contributed by atoms with Gasteiger partial charge >= 0.3 is 18.0 Å². The molecule has 8 nitrogen and oxygen atoms in total. The molecule has 0 heterocycles. The number of amides is 1. The second-order valence-corrected chi connectivity index (χ2v) is 5.87. The molecule has 0 spiro atoms. The van der Waals surface area contributed by atoms with E-state index in [0.717, 1.165) is 5.56 Å². The number of hydrogen-bond acceptors (Lipinski definition) is 6. The molecule has 1 amide bonds. The minimum absolute atomic E-state index is 0.0662. The Hall–Kier alpha value is -2.61. The zero-order chi connectivity index (χ0) is 18.9. The topological polar surface area (TPSA) is 114 Å². The summed E-state index contributed by atoms with van der Waals surface area (Å²) in [4.78, 5) is 34.8. The highest BCUT2D eigenvalue weighted by Crippen LogP contribution is 2.11. The van der Waals surface area contributed by atoms with Crippen LogP contribution in [0.15, 0.2) is 30.3 Å². The van der Waals surface area contributed by atoms with Crippen LogP contribution >= 0.6 is 0 Å². The van der Waals surface area contributed by atoms with Crippen molar-refractivity contribution in [2.24, 2.45) is 0 Å². The number of nitrogens with one attached hydrogen (secondary N) is 2. The predicted octanol–water partition coefficient (Wildman–Crippen LogP) is 1.30. The van der Waals surface area contributed by atoms with Gasteiger partial charge in [-0.15, -0.1) is 0 Å². The van der Waals surface area contributed by atoms with Crippen LogP contribution in [-0.4, -0.2) is 47.9 Å². The summed E-state index contributed by atoms with van der Waals surface area (Å²) in [6.07, 6.45) is -0.752. The molecular weight excluding hydrogens is 328 g/mol. The summed E-state index contributed by atoms with van der Waals surface area (Å²) in [7, 11) is 0. The van der Waals surface area contributed by atoms with Gasteiger partial charge in [0.1, 0.15) is 12.6 Å². The van der Waals surface area contributed by atoms with Gasteiger partial charge in [-0.3, -0.25) is 14.9 Å². The molecule has 0 aliphatic rings. The van der Waals surface area contributed by atoms with E-state index in [9.17, 15) is 19.5 Å². The minimum atomic E-state index is -1.21. The standard InChI is InChI=1S/C17H24N2O6/c1-4-24-13(20)10-18-14(15(21)22)17(2,3)19-16(23)25-11-12-8-6-5-7-9-12/h5-9,14,18H,4,10-11H2,1-3H3,(H,19,23)(H,21,22). The lowest BCUT2D eigenvalue weighted by Gasteiger charge is -2.32. The first-order valence-electron chi connectivity index (χ1n) is 7.87. The number of ether oxygens (including phenoxy) is 2. The molecule has 138 valence electrons. The normalized spacial score (nSPS) is 12.1. The molecule has 25 heavy (non-hydrogen) atoms. The third-order valence-electron chi connectivity index (χ3n) is 3.36. The Morgan fingerprint density at radius 2 is 1.80 bits per heavy atom. The van der Waals surface area contributed by atoms with Crippen LogP contribution in [0.3, 0.4) is 0 Å². The Morgan fingerprint density at radius 3 is 2.36 bits per heavy atom. The van der Waals surface area contributed by atoms with Crippen LogP contribution in [0, 0.1) is 0 Å². The van der Waals surface area contributed by atoms with Gasteiger partial charge in [0.25, 0.3) is 0 Å². The first kappa shape index (κ1) is 20.4. The molecule has 0 aliphatic heterocycles. The number of carboxylic acid groups (broad SMARTS) is 1. The molecule has 0 aliphatic carbocycles. The Morgan fingerprint density at radius 1 is 1.16 bits per heavy atom. The van der Waals surface area contributed by atoms with Crippen molar-refractivity contribution in [2.45, 2.75) is 39.0 Å². The summed E-state index contributed by atoms with van der Waals surface area (Å²) in [5.74, 6) is -1.78. The van der Waals surface area contributed by atoms with E-state index < -0.39 is 29.6 Å². The van der Waals surface area contributed by atoms with Crippen molar-refractivity contribution in [3.05, 3.63) is 35.9 Å². The summed E-state index contributed by atoms with van der Waals surface area (Å²) in [6.45, 7) is 4.68. The summed E-state index contributed by atoms with van der Waals surface area (Å²) in [5.41, 5.74) is -0.391. The fourth-order valence-corrected chi connectivity index (χ4v) is 2.14. The largest absolute Gasteiger partial charge is 0.480 e. The van der Waals surface area contributed by atoms with Gasteiger partial charge in [0.15, 0.2) is 0 Å². The molecule has 0 fully saturated rings. The zero-order valence-corrected chi connectivity index (χ0v) is 14.6. The van der Waals surface area contributed by atoms with Crippen molar-refractivity contribution in [1.82, 2.24) is 10.6 Å². The Balaban J connectivity index is 2.59. The lowest BCUT2D eigenvalue weighted by molar-refractivity contribution is -0.144. The molecule has 1 atom stereocenters. The third kappa shape index (κ3) is 7.21. The van der Waals surface area contributed by atoms with Crippen molar-refractivity contribution in [3.8, 4) is 0 Å². The van der Waals surface area contributed by atoms with Crippen LogP contribution in [0.1, 0.15) is 26.3 Å². The molecule has 1 rings (SSSR count). The second-order valence-electron chi connectivity index (χ2n) is 5.87. The first-order valence-corrected chi connectivity index (χ1v) is 7.87. The first-order chi connectivity index (χ1) is 11.8. The fourth-order valence-electron chi connectivity index (χ4n) is 2.14. The number of aliphatic carboxylic acids is 1. The molecule has 8 heteroatoms. The summed E-state index contributed by atoms with van der Waals surface area (Å²) >= 11 is 0. The quantitative estimate of drug-likeness (QED) is 0.574. The molecule has 0 aromatic heterocycles. The van der Waals surface area contributed by atoms with Gasteiger partial charge in [-0.1, -0.05) is 30.3 Å². The number of hydrogen-bond donors (Lipinski definition) is 3. The maximum absolute atomic E-state index is 12.0. The van der Waals surface area contributed by atoms with E-state index in [1.54, 1.807) is 19.1 Å². The minimum Gasteiger partial charge on any atom is -0.480 e. The van der Waals surface area contributed by atoms with E-state index in [0.29, 0.717) is 0 Å². The highest BCUT2D eigenvalue weighted by Gasteiger charge is 2.37. The molecule has 0 bridgehead atoms. The highest BCUT2D eigenvalue weighted by atomic mass is 16.5.